The van der Waals surface area contributed by atoms with E-state index < -0.39 is 0 Å². The molecule has 132 valence electrons. The second-order valence-electron chi connectivity index (χ2n) is 6.59. The number of carbonyl (C=O) groups is 1. The van der Waals surface area contributed by atoms with Gasteiger partial charge in [0.25, 0.3) is 0 Å². The highest BCUT2D eigenvalue weighted by Gasteiger charge is 2.12. The fourth-order valence-electron chi connectivity index (χ4n) is 2.88. The van der Waals surface area contributed by atoms with Crippen LogP contribution in [0.3, 0.4) is 0 Å². The molecule has 1 aromatic carbocycles. The van der Waals surface area contributed by atoms with Crippen LogP contribution < -0.4 is 10.2 Å². The summed E-state index contributed by atoms with van der Waals surface area (Å²) in [6.45, 7) is 1.40. The van der Waals surface area contributed by atoms with Gasteiger partial charge in [0.15, 0.2) is 0 Å². The summed E-state index contributed by atoms with van der Waals surface area (Å²) in [4.78, 5) is 13.9. The smallest absolute Gasteiger partial charge is 0.244 e. The van der Waals surface area contributed by atoms with Crippen LogP contribution in [-0.2, 0) is 9.53 Å². The van der Waals surface area contributed by atoms with Crippen molar-refractivity contribution in [3.63, 3.8) is 0 Å². The predicted molar refractivity (Wildman–Crippen MR) is 100 cm³/mol. The minimum absolute atomic E-state index is 0.0515. The molecule has 0 aliphatic heterocycles. The molecule has 1 aliphatic carbocycles. The first-order valence-corrected chi connectivity index (χ1v) is 9.00. The van der Waals surface area contributed by atoms with Crippen LogP contribution in [-0.4, -0.2) is 39.3 Å². The van der Waals surface area contributed by atoms with Crippen molar-refractivity contribution in [2.24, 2.45) is 0 Å². The molecule has 0 bridgehead atoms. The molecule has 0 unspecified atom stereocenters. The molecule has 1 fully saturated rings. The second-order valence-corrected chi connectivity index (χ2v) is 6.59. The number of hydrogen-bond acceptors (Lipinski definition) is 3. The van der Waals surface area contributed by atoms with Crippen molar-refractivity contribution in [1.82, 2.24) is 5.32 Å². The quantitative estimate of drug-likeness (QED) is 0.585. The highest BCUT2D eigenvalue weighted by atomic mass is 16.5. The van der Waals surface area contributed by atoms with E-state index in [0.29, 0.717) is 12.6 Å². The minimum Gasteiger partial charge on any atom is -0.378 e. The SMILES string of the molecule is CN(C)c1ccc(/C=C/C(=O)NCCCOC2CCCCC2)cc1. The molecular formula is C20H30N2O2. The highest BCUT2D eigenvalue weighted by molar-refractivity contribution is 5.91. The van der Waals surface area contributed by atoms with Crippen LogP contribution >= 0.6 is 0 Å². The third kappa shape index (κ3) is 6.75. The number of amides is 1. The number of anilines is 1. The summed E-state index contributed by atoms with van der Waals surface area (Å²) in [5.41, 5.74) is 2.17. The Hall–Kier alpha value is -1.81. The average Bonchev–Trinajstić information content (AvgIpc) is 2.61. The number of ether oxygens (including phenoxy) is 1. The van der Waals surface area contributed by atoms with Crippen molar-refractivity contribution >= 4 is 17.7 Å². The molecule has 24 heavy (non-hydrogen) atoms. The van der Waals surface area contributed by atoms with E-state index in [9.17, 15) is 4.79 Å². The lowest BCUT2D eigenvalue weighted by Gasteiger charge is -2.21. The summed E-state index contributed by atoms with van der Waals surface area (Å²) in [7, 11) is 4.02. The first-order valence-electron chi connectivity index (χ1n) is 9.00. The van der Waals surface area contributed by atoms with Crippen molar-refractivity contribution < 1.29 is 9.53 Å². The molecule has 1 aromatic rings. The summed E-state index contributed by atoms with van der Waals surface area (Å²) < 4.78 is 5.85. The lowest BCUT2D eigenvalue weighted by molar-refractivity contribution is -0.116. The molecule has 0 saturated heterocycles. The Balaban J connectivity index is 1.60. The normalized spacial score (nSPS) is 15.6. The monoisotopic (exact) mass is 330 g/mol. The van der Waals surface area contributed by atoms with E-state index in [4.69, 9.17) is 4.74 Å². The maximum absolute atomic E-state index is 11.8. The molecule has 1 amide bonds. The van der Waals surface area contributed by atoms with Gasteiger partial charge in [-0.1, -0.05) is 31.4 Å². The number of nitrogens with zero attached hydrogens (tertiary/aromatic N) is 1. The third-order valence-electron chi connectivity index (χ3n) is 4.36. The number of rotatable bonds is 8. The highest BCUT2D eigenvalue weighted by Crippen LogP contribution is 2.20. The van der Waals surface area contributed by atoms with Gasteiger partial charge in [-0.15, -0.1) is 0 Å². The van der Waals surface area contributed by atoms with Crippen LogP contribution in [0, 0.1) is 0 Å². The Kier molecular flexibility index (Phi) is 7.83. The van der Waals surface area contributed by atoms with Crippen molar-refractivity contribution in [3.8, 4) is 0 Å². The van der Waals surface area contributed by atoms with Crippen LogP contribution in [0.2, 0.25) is 0 Å². The Morgan fingerprint density at radius 3 is 2.58 bits per heavy atom. The summed E-state index contributed by atoms with van der Waals surface area (Å²) in [5.74, 6) is -0.0515. The van der Waals surface area contributed by atoms with Crippen LogP contribution in [0.5, 0.6) is 0 Å². The van der Waals surface area contributed by atoms with Gasteiger partial charge >= 0.3 is 0 Å². The van der Waals surface area contributed by atoms with E-state index in [1.54, 1.807) is 6.08 Å². The van der Waals surface area contributed by atoms with E-state index in [1.165, 1.54) is 32.1 Å². The zero-order valence-electron chi connectivity index (χ0n) is 15.0. The largest absolute Gasteiger partial charge is 0.378 e. The van der Waals surface area contributed by atoms with Crippen molar-refractivity contribution in [2.75, 3.05) is 32.1 Å². The van der Waals surface area contributed by atoms with Crippen LogP contribution in [0.4, 0.5) is 5.69 Å². The Morgan fingerprint density at radius 2 is 1.92 bits per heavy atom. The van der Waals surface area contributed by atoms with E-state index in [-0.39, 0.29) is 5.91 Å². The molecule has 2 rings (SSSR count). The van der Waals surface area contributed by atoms with Crippen LogP contribution in [0.25, 0.3) is 6.08 Å². The first kappa shape index (κ1) is 18.5. The summed E-state index contributed by atoms with van der Waals surface area (Å²) >= 11 is 0. The maximum Gasteiger partial charge on any atom is 0.244 e. The van der Waals surface area contributed by atoms with Crippen LogP contribution in [0.1, 0.15) is 44.1 Å². The van der Waals surface area contributed by atoms with Gasteiger partial charge in [0.05, 0.1) is 6.10 Å². The Bertz CT molecular complexity index is 517. The maximum atomic E-state index is 11.8. The molecule has 4 nitrogen and oxygen atoms in total. The first-order chi connectivity index (χ1) is 11.6. The van der Waals surface area contributed by atoms with E-state index in [1.807, 2.05) is 44.4 Å². The summed E-state index contributed by atoms with van der Waals surface area (Å²) in [6, 6.07) is 8.11. The standard InChI is InChI=1S/C20H30N2O2/c1-22(2)18-12-9-17(10-13-18)11-14-20(23)21-15-6-16-24-19-7-4-3-5-8-19/h9-14,19H,3-8,15-16H2,1-2H3,(H,21,23)/b14-11+. The fourth-order valence-corrected chi connectivity index (χ4v) is 2.88. The predicted octanol–water partition coefficient (Wildman–Crippen LogP) is 3.62. The van der Waals surface area contributed by atoms with Crippen molar-refractivity contribution in [3.05, 3.63) is 35.9 Å². The summed E-state index contributed by atoms with van der Waals surface area (Å²) in [6.07, 6.45) is 11.1. The molecule has 1 aliphatic rings. The van der Waals surface area contributed by atoms with Gasteiger partial charge in [-0.05, 0) is 43.0 Å². The van der Waals surface area contributed by atoms with E-state index >= 15 is 0 Å². The molecule has 4 heteroatoms. The molecule has 0 spiro atoms. The minimum atomic E-state index is -0.0515. The van der Waals surface area contributed by atoms with Gasteiger partial charge in [0.2, 0.25) is 5.91 Å². The number of benzene rings is 1. The van der Waals surface area contributed by atoms with E-state index in [2.05, 4.69) is 10.2 Å². The topological polar surface area (TPSA) is 41.6 Å². The average molecular weight is 330 g/mol. The number of hydrogen-bond donors (Lipinski definition) is 1. The van der Waals surface area contributed by atoms with E-state index in [0.717, 1.165) is 24.3 Å². The molecule has 0 atom stereocenters. The van der Waals surface area contributed by atoms with Gasteiger partial charge in [-0.2, -0.15) is 0 Å². The lowest BCUT2D eigenvalue weighted by atomic mass is 9.98. The van der Waals surface area contributed by atoms with Crippen molar-refractivity contribution in [2.45, 2.75) is 44.6 Å². The van der Waals surface area contributed by atoms with Gasteiger partial charge in [-0.3, -0.25) is 4.79 Å². The molecule has 1 saturated carbocycles. The van der Waals surface area contributed by atoms with Gasteiger partial charge < -0.3 is 15.0 Å². The molecule has 0 aromatic heterocycles. The second kappa shape index (κ2) is 10.1. The van der Waals surface area contributed by atoms with Crippen molar-refractivity contribution in [1.29, 1.82) is 0 Å². The number of carbonyl (C=O) groups excluding carboxylic acids is 1. The van der Waals surface area contributed by atoms with Gasteiger partial charge in [0.1, 0.15) is 0 Å². The Morgan fingerprint density at radius 1 is 1.21 bits per heavy atom. The molecule has 0 heterocycles. The fraction of sp³-hybridized carbons (Fsp3) is 0.550. The zero-order valence-corrected chi connectivity index (χ0v) is 15.0. The third-order valence-corrected chi connectivity index (χ3v) is 4.36. The number of nitrogens with one attached hydrogen (secondary N) is 1. The molecule has 1 N–H and O–H groups in total. The lowest BCUT2D eigenvalue weighted by Crippen LogP contribution is -2.24. The van der Waals surface area contributed by atoms with Crippen LogP contribution in [0.15, 0.2) is 30.3 Å². The molecule has 0 radical (unpaired) electrons. The zero-order chi connectivity index (χ0) is 17.2. The Labute approximate surface area is 145 Å². The van der Waals surface area contributed by atoms with Gasteiger partial charge in [0, 0.05) is 39.0 Å². The summed E-state index contributed by atoms with van der Waals surface area (Å²) in [5, 5.41) is 2.91. The van der Waals surface area contributed by atoms with Gasteiger partial charge in [-0.25, -0.2) is 0 Å². The molecular weight excluding hydrogens is 300 g/mol.